The van der Waals surface area contributed by atoms with Gasteiger partial charge in [0.2, 0.25) is 0 Å². The number of likely N-dealkylation sites (N-methyl/N-ethyl adjacent to an activating group) is 1. The smallest absolute Gasteiger partial charge is 0.123 e. The van der Waals surface area contributed by atoms with Crippen molar-refractivity contribution in [2.45, 2.75) is 19.4 Å². The SMILES string of the molecule is CNC(Cc1cc(F)ccc1Cl)c1ccc(C)c(OC)c1. The molecule has 2 rings (SSSR count). The number of aryl methyl sites for hydroxylation is 1. The summed E-state index contributed by atoms with van der Waals surface area (Å²) in [5.74, 6) is 0.573. The van der Waals surface area contributed by atoms with Gasteiger partial charge in [0.25, 0.3) is 0 Å². The van der Waals surface area contributed by atoms with Crippen LogP contribution in [0.25, 0.3) is 0 Å². The molecule has 0 bridgehead atoms. The van der Waals surface area contributed by atoms with Crippen molar-refractivity contribution in [3.05, 3.63) is 63.9 Å². The van der Waals surface area contributed by atoms with Gasteiger partial charge in [0, 0.05) is 11.1 Å². The lowest BCUT2D eigenvalue weighted by molar-refractivity contribution is 0.410. The monoisotopic (exact) mass is 307 g/mol. The maximum Gasteiger partial charge on any atom is 0.123 e. The first-order chi connectivity index (χ1) is 10.0. The third kappa shape index (κ3) is 3.74. The van der Waals surface area contributed by atoms with Gasteiger partial charge in [-0.05, 0) is 61.3 Å². The van der Waals surface area contributed by atoms with E-state index in [-0.39, 0.29) is 11.9 Å². The van der Waals surface area contributed by atoms with Crippen molar-refractivity contribution in [3.8, 4) is 5.75 Å². The number of nitrogens with one attached hydrogen (secondary N) is 1. The van der Waals surface area contributed by atoms with E-state index in [1.807, 2.05) is 32.2 Å². The third-order valence-electron chi connectivity index (χ3n) is 3.61. The van der Waals surface area contributed by atoms with Gasteiger partial charge >= 0.3 is 0 Å². The van der Waals surface area contributed by atoms with Crippen molar-refractivity contribution in [2.75, 3.05) is 14.2 Å². The van der Waals surface area contributed by atoms with Crippen LogP contribution >= 0.6 is 11.6 Å². The average molecular weight is 308 g/mol. The van der Waals surface area contributed by atoms with Gasteiger partial charge in [-0.25, -0.2) is 4.39 Å². The average Bonchev–Trinajstić information content (AvgIpc) is 2.49. The summed E-state index contributed by atoms with van der Waals surface area (Å²) in [6.07, 6.45) is 0.610. The van der Waals surface area contributed by atoms with Crippen LogP contribution in [0.5, 0.6) is 5.75 Å². The number of hydrogen-bond donors (Lipinski definition) is 1. The first kappa shape index (κ1) is 15.8. The first-order valence-corrected chi connectivity index (χ1v) is 7.18. The largest absolute Gasteiger partial charge is 0.496 e. The lowest BCUT2D eigenvalue weighted by Crippen LogP contribution is -2.19. The van der Waals surface area contributed by atoms with E-state index in [1.54, 1.807) is 13.2 Å². The van der Waals surface area contributed by atoms with Crippen molar-refractivity contribution < 1.29 is 9.13 Å². The Bertz CT molecular complexity index is 630. The Kier molecular flexibility index (Phi) is 5.21. The zero-order valence-electron chi connectivity index (χ0n) is 12.4. The molecule has 0 heterocycles. The van der Waals surface area contributed by atoms with Crippen LogP contribution in [0.2, 0.25) is 5.02 Å². The molecule has 0 fully saturated rings. The van der Waals surface area contributed by atoms with E-state index in [4.69, 9.17) is 16.3 Å². The topological polar surface area (TPSA) is 21.3 Å². The van der Waals surface area contributed by atoms with Gasteiger partial charge in [-0.1, -0.05) is 23.7 Å². The zero-order valence-corrected chi connectivity index (χ0v) is 13.2. The Labute approximate surface area is 129 Å². The summed E-state index contributed by atoms with van der Waals surface area (Å²) in [6.45, 7) is 2.00. The first-order valence-electron chi connectivity index (χ1n) is 6.81. The standard InChI is InChI=1S/C17H19ClFNO/c1-11-4-5-12(10-17(11)21-3)16(20-2)9-13-8-14(19)6-7-15(13)18/h4-8,10,16,20H,9H2,1-3H3. The predicted molar refractivity (Wildman–Crippen MR) is 84.6 cm³/mol. The number of hydrogen-bond acceptors (Lipinski definition) is 2. The lowest BCUT2D eigenvalue weighted by atomic mass is 9.97. The molecule has 0 saturated carbocycles. The van der Waals surface area contributed by atoms with Crippen LogP contribution in [0, 0.1) is 12.7 Å². The Morgan fingerprint density at radius 3 is 2.67 bits per heavy atom. The molecule has 0 spiro atoms. The van der Waals surface area contributed by atoms with Gasteiger partial charge in [0.05, 0.1) is 7.11 Å². The van der Waals surface area contributed by atoms with Gasteiger partial charge in [0.1, 0.15) is 11.6 Å². The van der Waals surface area contributed by atoms with Gasteiger partial charge in [-0.3, -0.25) is 0 Å². The molecule has 0 aromatic heterocycles. The molecule has 0 aliphatic carbocycles. The predicted octanol–water partition coefficient (Wildman–Crippen LogP) is 4.30. The second-order valence-electron chi connectivity index (χ2n) is 5.01. The molecule has 0 radical (unpaired) electrons. The summed E-state index contributed by atoms with van der Waals surface area (Å²) in [6, 6.07) is 10.6. The highest BCUT2D eigenvalue weighted by Gasteiger charge is 2.14. The summed E-state index contributed by atoms with van der Waals surface area (Å²) in [7, 11) is 3.54. The third-order valence-corrected chi connectivity index (χ3v) is 3.98. The highest BCUT2D eigenvalue weighted by Crippen LogP contribution is 2.27. The molecular formula is C17H19ClFNO. The van der Waals surface area contributed by atoms with E-state index in [9.17, 15) is 4.39 Å². The Morgan fingerprint density at radius 1 is 1.24 bits per heavy atom. The van der Waals surface area contributed by atoms with E-state index in [0.717, 1.165) is 22.4 Å². The van der Waals surface area contributed by atoms with E-state index >= 15 is 0 Å². The van der Waals surface area contributed by atoms with Crippen molar-refractivity contribution in [1.29, 1.82) is 0 Å². The van der Waals surface area contributed by atoms with Crippen molar-refractivity contribution in [2.24, 2.45) is 0 Å². The van der Waals surface area contributed by atoms with Crippen LogP contribution in [-0.2, 0) is 6.42 Å². The molecule has 0 aliphatic heterocycles. The summed E-state index contributed by atoms with van der Waals surface area (Å²) >= 11 is 6.15. The van der Waals surface area contributed by atoms with E-state index in [0.29, 0.717) is 11.4 Å². The molecular weight excluding hydrogens is 289 g/mol. The Morgan fingerprint density at radius 2 is 2.00 bits per heavy atom. The summed E-state index contributed by atoms with van der Waals surface area (Å²) < 4.78 is 18.7. The van der Waals surface area contributed by atoms with Gasteiger partial charge in [-0.15, -0.1) is 0 Å². The number of ether oxygens (including phenoxy) is 1. The number of rotatable bonds is 5. The number of halogens is 2. The molecule has 1 N–H and O–H groups in total. The molecule has 1 unspecified atom stereocenters. The molecule has 112 valence electrons. The minimum Gasteiger partial charge on any atom is -0.496 e. The normalized spacial score (nSPS) is 12.2. The highest BCUT2D eigenvalue weighted by molar-refractivity contribution is 6.31. The van der Waals surface area contributed by atoms with Crippen LogP contribution < -0.4 is 10.1 Å². The van der Waals surface area contributed by atoms with E-state index in [1.165, 1.54) is 12.1 Å². The van der Waals surface area contributed by atoms with E-state index < -0.39 is 0 Å². The molecule has 0 aliphatic rings. The van der Waals surface area contributed by atoms with Crippen LogP contribution in [0.1, 0.15) is 22.7 Å². The molecule has 2 nitrogen and oxygen atoms in total. The minimum atomic E-state index is -0.272. The van der Waals surface area contributed by atoms with Crippen molar-refractivity contribution in [1.82, 2.24) is 5.32 Å². The highest BCUT2D eigenvalue weighted by atomic mass is 35.5. The van der Waals surface area contributed by atoms with Gasteiger partial charge in [0.15, 0.2) is 0 Å². The van der Waals surface area contributed by atoms with Crippen molar-refractivity contribution in [3.63, 3.8) is 0 Å². The fraction of sp³-hybridized carbons (Fsp3) is 0.294. The van der Waals surface area contributed by atoms with Crippen LogP contribution in [0.15, 0.2) is 36.4 Å². The number of methoxy groups -OCH3 is 1. The second kappa shape index (κ2) is 6.92. The Balaban J connectivity index is 2.29. The fourth-order valence-electron chi connectivity index (χ4n) is 2.36. The van der Waals surface area contributed by atoms with Gasteiger partial charge < -0.3 is 10.1 Å². The molecule has 2 aromatic rings. The minimum absolute atomic E-state index is 0.0406. The van der Waals surface area contributed by atoms with Crippen molar-refractivity contribution >= 4 is 11.6 Å². The van der Waals surface area contributed by atoms with Crippen LogP contribution in [0.4, 0.5) is 4.39 Å². The van der Waals surface area contributed by atoms with Crippen LogP contribution in [-0.4, -0.2) is 14.2 Å². The fourth-order valence-corrected chi connectivity index (χ4v) is 2.55. The van der Waals surface area contributed by atoms with Crippen LogP contribution in [0.3, 0.4) is 0 Å². The molecule has 2 aromatic carbocycles. The van der Waals surface area contributed by atoms with Gasteiger partial charge in [-0.2, -0.15) is 0 Å². The summed E-state index contributed by atoms with van der Waals surface area (Å²) in [5.41, 5.74) is 2.95. The van der Waals surface area contributed by atoms with E-state index in [2.05, 4.69) is 5.32 Å². The Hall–Kier alpha value is -1.58. The summed E-state index contributed by atoms with van der Waals surface area (Å²) in [5, 5.41) is 3.83. The lowest BCUT2D eigenvalue weighted by Gasteiger charge is -2.19. The maximum atomic E-state index is 13.4. The molecule has 0 saturated heterocycles. The zero-order chi connectivity index (χ0) is 15.4. The second-order valence-corrected chi connectivity index (χ2v) is 5.42. The quantitative estimate of drug-likeness (QED) is 0.889. The molecule has 0 amide bonds. The molecule has 21 heavy (non-hydrogen) atoms. The summed E-state index contributed by atoms with van der Waals surface area (Å²) in [4.78, 5) is 0. The maximum absolute atomic E-state index is 13.4. The molecule has 1 atom stereocenters. The molecule has 4 heteroatoms. The number of benzene rings is 2.